The lowest BCUT2D eigenvalue weighted by Gasteiger charge is -2.22. The first-order valence-corrected chi connectivity index (χ1v) is 6.58. The standard InChI is InChI=1S/C15H19N5O/c1-9-5-7-12(8-6-9)20(4)15-13(14(16)19-21)10(2)11(3)17-18-15/h5-8,21H,1-4H3,(H2,16,19). The molecule has 110 valence electrons. The molecule has 0 aliphatic rings. The Kier molecular flexibility index (Phi) is 4.07. The monoisotopic (exact) mass is 285 g/mol. The van der Waals surface area contributed by atoms with Gasteiger partial charge in [0.25, 0.3) is 0 Å². The zero-order valence-electron chi connectivity index (χ0n) is 12.6. The molecule has 0 fully saturated rings. The molecule has 0 amide bonds. The topological polar surface area (TPSA) is 87.6 Å². The van der Waals surface area contributed by atoms with E-state index in [2.05, 4.69) is 15.4 Å². The number of oxime groups is 1. The number of aryl methyl sites for hydroxylation is 2. The minimum absolute atomic E-state index is 0.0273. The van der Waals surface area contributed by atoms with Crippen molar-refractivity contribution in [3.05, 3.63) is 46.6 Å². The normalized spacial score (nSPS) is 11.5. The third kappa shape index (κ3) is 2.79. The lowest BCUT2D eigenvalue weighted by Crippen LogP contribution is -2.23. The van der Waals surface area contributed by atoms with Crippen molar-refractivity contribution >= 4 is 17.3 Å². The van der Waals surface area contributed by atoms with Gasteiger partial charge in [-0.1, -0.05) is 22.9 Å². The first kappa shape index (κ1) is 14.8. The van der Waals surface area contributed by atoms with Gasteiger partial charge in [-0.25, -0.2) is 0 Å². The highest BCUT2D eigenvalue weighted by atomic mass is 16.4. The van der Waals surface area contributed by atoms with E-state index in [4.69, 9.17) is 10.9 Å². The minimum atomic E-state index is 0.0273. The quantitative estimate of drug-likeness (QED) is 0.391. The average molecular weight is 285 g/mol. The van der Waals surface area contributed by atoms with Gasteiger partial charge < -0.3 is 15.8 Å². The summed E-state index contributed by atoms with van der Waals surface area (Å²) in [4.78, 5) is 1.87. The number of rotatable bonds is 3. The molecule has 0 radical (unpaired) electrons. The van der Waals surface area contributed by atoms with Gasteiger partial charge >= 0.3 is 0 Å². The molecule has 0 saturated heterocycles. The number of aromatic nitrogens is 2. The minimum Gasteiger partial charge on any atom is -0.409 e. The van der Waals surface area contributed by atoms with E-state index in [9.17, 15) is 0 Å². The Morgan fingerprint density at radius 2 is 1.76 bits per heavy atom. The second-order valence-electron chi connectivity index (χ2n) is 4.99. The molecule has 21 heavy (non-hydrogen) atoms. The molecule has 0 atom stereocenters. The summed E-state index contributed by atoms with van der Waals surface area (Å²) in [5, 5.41) is 20.5. The first-order valence-electron chi connectivity index (χ1n) is 6.58. The lowest BCUT2D eigenvalue weighted by molar-refractivity contribution is 0.318. The van der Waals surface area contributed by atoms with Crippen molar-refractivity contribution in [2.24, 2.45) is 10.9 Å². The second-order valence-corrected chi connectivity index (χ2v) is 4.99. The summed E-state index contributed by atoms with van der Waals surface area (Å²) >= 11 is 0. The molecule has 1 aromatic heterocycles. The summed E-state index contributed by atoms with van der Waals surface area (Å²) in [6.45, 7) is 5.75. The molecular weight excluding hydrogens is 266 g/mol. The zero-order chi connectivity index (χ0) is 15.6. The van der Waals surface area contributed by atoms with Crippen LogP contribution in [0.15, 0.2) is 29.4 Å². The molecule has 2 aromatic rings. The summed E-state index contributed by atoms with van der Waals surface area (Å²) in [5.41, 5.74) is 10.1. The predicted octanol–water partition coefficient (Wildman–Crippen LogP) is 2.26. The smallest absolute Gasteiger partial charge is 0.174 e. The van der Waals surface area contributed by atoms with Crippen molar-refractivity contribution in [3.8, 4) is 0 Å². The third-order valence-corrected chi connectivity index (χ3v) is 3.54. The van der Waals surface area contributed by atoms with Gasteiger partial charge in [-0.3, -0.25) is 0 Å². The van der Waals surface area contributed by atoms with Gasteiger partial charge in [0.05, 0.1) is 11.3 Å². The fourth-order valence-corrected chi connectivity index (χ4v) is 2.08. The molecule has 0 aliphatic heterocycles. The summed E-state index contributed by atoms with van der Waals surface area (Å²) in [6, 6.07) is 8.01. The van der Waals surface area contributed by atoms with Crippen molar-refractivity contribution in [2.75, 3.05) is 11.9 Å². The van der Waals surface area contributed by atoms with E-state index in [0.717, 1.165) is 16.9 Å². The van der Waals surface area contributed by atoms with Crippen molar-refractivity contribution in [2.45, 2.75) is 20.8 Å². The Labute approximate surface area is 123 Å². The maximum absolute atomic E-state index is 9.01. The fraction of sp³-hybridized carbons (Fsp3) is 0.267. The molecule has 0 unspecified atom stereocenters. The van der Waals surface area contributed by atoms with Crippen LogP contribution in [0.4, 0.5) is 11.5 Å². The van der Waals surface area contributed by atoms with Crippen molar-refractivity contribution in [1.29, 1.82) is 0 Å². The molecule has 1 aromatic carbocycles. The van der Waals surface area contributed by atoms with Gasteiger partial charge in [-0.2, -0.15) is 5.10 Å². The van der Waals surface area contributed by atoms with Gasteiger partial charge in [0.2, 0.25) is 0 Å². The predicted molar refractivity (Wildman–Crippen MR) is 83.3 cm³/mol. The molecule has 6 heteroatoms. The van der Waals surface area contributed by atoms with E-state index in [1.807, 2.05) is 57.0 Å². The Hall–Kier alpha value is -2.63. The Balaban J connectivity index is 2.58. The van der Waals surface area contributed by atoms with E-state index in [1.54, 1.807) is 0 Å². The van der Waals surface area contributed by atoms with Gasteiger partial charge in [0.15, 0.2) is 11.7 Å². The Morgan fingerprint density at radius 1 is 1.14 bits per heavy atom. The number of benzene rings is 1. The molecule has 1 heterocycles. The summed E-state index contributed by atoms with van der Waals surface area (Å²) in [6.07, 6.45) is 0. The molecule has 0 saturated carbocycles. The first-order chi connectivity index (χ1) is 9.95. The average Bonchev–Trinajstić information content (AvgIpc) is 2.49. The molecule has 2 rings (SSSR count). The van der Waals surface area contributed by atoms with Crippen molar-refractivity contribution in [1.82, 2.24) is 10.2 Å². The molecule has 0 aliphatic carbocycles. The van der Waals surface area contributed by atoms with E-state index >= 15 is 0 Å². The van der Waals surface area contributed by atoms with Crippen molar-refractivity contribution in [3.63, 3.8) is 0 Å². The van der Waals surface area contributed by atoms with E-state index < -0.39 is 0 Å². The number of hydrogen-bond acceptors (Lipinski definition) is 5. The lowest BCUT2D eigenvalue weighted by atomic mass is 10.1. The van der Waals surface area contributed by atoms with E-state index in [-0.39, 0.29) is 5.84 Å². The highest BCUT2D eigenvalue weighted by Crippen LogP contribution is 2.27. The second kappa shape index (κ2) is 5.78. The summed E-state index contributed by atoms with van der Waals surface area (Å²) in [5.74, 6) is 0.580. The highest BCUT2D eigenvalue weighted by Gasteiger charge is 2.19. The van der Waals surface area contributed by atoms with Crippen LogP contribution in [-0.4, -0.2) is 28.3 Å². The molecule has 0 spiro atoms. The fourth-order valence-electron chi connectivity index (χ4n) is 2.08. The van der Waals surface area contributed by atoms with Crippen LogP contribution in [0.1, 0.15) is 22.4 Å². The molecular formula is C15H19N5O. The van der Waals surface area contributed by atoms with Crippen LogP contribution in [0.25, 0.3) is 0 Å². The van der Waals surface area contributed by atoms with Crippen LogP contribution in [-0.2, 0) is 0 Å². The Bertz CT molecular complexity index is 679. The zero-order valence-corrected chi connectivity index (χ0v) is 12.6. The van der Waals surface area contributed by atoms with Gasteiger partial charge in [0.1, 0.15) is 0 Å². The molecule has 0 bridgehead atoms. The van der Waals surface area contributed by atoms with Crippen LogP contribution in [0.5, 0.6) is 0 Å². The number of hydrogen-bond donors (Lipinski definition) is 2. The maximum Gasteiger partial charge on any atom is 0.174 e. The summed E-state index contributed by atoms with van der Waals surface area (Å²) < 4.78 is 0. The number of amidine groups is 1. The van der Waals surface area contributed by atoms with Crippen molar-refractivity contribution < 1.29 is 5.21 Å². The van der Waals surface area contributed by atoms with Crippen LogP contribution in [0.3, 0.4) is 0 Å². The highest BCUT2D eigenvalue weighted by molar-refractivity contribution is 6.03. The number of nitrogens with two attached hydrogens (primary N) is 1. The maximum atomic E-state index is 9.01. The van der Waals surface area contributed by atoms with E-state index in [0.29, 0.717) is 11.4 Å². The van der Waals surface area contributed by atoms with Crippen LogP contribution in [0.2, 0.25) is 0 Å². The number of anilines is 2. The summed E-state index contributed by atoms with van der Waals surface area (Å²) in [7, 11) is 1.87. The number of nitrogens with zero attached hydrogens (tertiary/aromatic N) is 4. The van der Waals surface area contributed by atoms with Crippen LogP contribution in [0, 0.1) is 20.8 Å². The Morgan fingerprint density at radius 3 is 2.33 bits per heavy atom. The molecule has 6 nitrogen and oxygen atoms in total. The SMILES string of the molecule is Cc1ccc(N(C)c2nnc(C)c(C)c2C(N)=NO)cc1. The van der Waals surface area contributed by atoms with Crippen LogP contribution >= 0.6 is 0 Å². The third-order valence-electron chi connectivity index (χ3n) is 3.54. The van der Waals surface area contributed by atoms with Crippen LogP contribution < -0.4 is 10.6 Å². The van der Waals surface area contributed by atoms with E-state index in [1.165, 1.54) is 5.56 Å². The van der Waals surface area contributed by atoms with Gasteiger partial charge in [0, 0.05) is 12.7 Å². The van der Waals surface area contributed by atoms with Gasteiger partial charge in [-0.05, 0) is 38.5 Å². The largest absolute Gasteiger partial charge is 0.409 e. The molecule has 3 N–H and O–H groups in total. The van der Waals surface area contributed by atoms with Gasteiger partial charge in [-0.15, -0.1) is 5.10 Å².